The molecule has 2 N–H and O–H groups in total. The number of nitrogens with one attached hydrogen (secondary N) is 2. The summed E-state index contributed by atoms with van der Waals surface area (Å²) in [6.45, 7) is 4.51. The maximum absolute atomic E-state index is 5.45. The molecule has 2 unspecified atom stereocenters. The van der Waals surface area contributed by atoms with Gasteiger partial charge in [-0.2, -0.15) is 0 Å². The highest BCUT2D eigenvalue weighted by Gasteiger charge is 2.34. The van der Waals surface area contributed by atoms with Gasteiger partial charge in [-0.25, -0.2) is 0 Å². The van der Waals surface area contributed by atoms with E-state index in [1.165, 1.54) is 31.4 Å². The minimum atomic E-state index is 0.247. The number of nitrogens with zero attached hydrogens (tertiary/aromatic N) is 1. The standard InChI is InChI=1S/C16H23N3S/c1-12(13-5-3-2-4-6-13)17-16(20)18-14-9-10-19(11-14)15-7-8-15/h2-6,12,14-15H,7-11H2,1H3,(H2,17,18,20). The lowest BCUT2D eigenvalue weighted by molar-refractivity contribution is 0.321. The van der Waals surface area contributed by atoms with E-state index < -0.39 is 0 Å². The second-order valence-corrected chi connectivity index (χ2v) is 6.37. The fourth-order valence-electron chi connectivity index (χ4n) is 2.93. The van der Waals surface area contributed by atoms with Crippen LogP contribution in [-0.2, 0) is 0 Å². The minimum absolute atomic E-state index is 0.247. The highest BCUT2D eigenvalue weighted by atomic mass is 32.1. The van der Waals surface area contributed by atoms with Crippen molar-refractivity contribution in [2.75, 3.05) is 13.1 Å². The minimum Gasteiger partial charge on any atom is -0.359 e. The third-order valence-corrected chi connectivity index (χ3v) is 4.50. The molecule has 20 heavy (non-hydrogen) atoms. The highest BCUT2D eigenvalue weighted by molar-refractivity contribution is 7.80. The molecule has 1 heterocycles. The van der Waals surface area contributed by atoms with Crippen molar-refractivity contribution in [3.05, 3.63) is 35.9 Å². The van der Waals surface area contributed by atoms with E-state index in [0.29, 0.717) is 6.04 Å². The summed E-state index contributed by atoms with van der Waals surface area (Å²) in [4.78, 5) is 2.60. The smallest absolute Gasteiger partial charge is 0.167 e. The molecule has 1 saturated heterocycles. The molecule has 1 aliphatic heterocycles. The molecule has 4 heteroatoms. The van der Waals surface area contributed by atoms with Crippen LogP contribution < -0.4 is 10.6 Å². The SMILES string of the molecule is CC(NC(=S)NC1CCN(C2CC2)C1)c1ccccc1. The third-order valence-electron chi connectivity index (χ3n) is 4.27. The van der Waals surface area contributed by atoms with Crippen LogP contribution in [-0.4, -0.2) is 35.2 Å². The Morgan fingerprint density at radius 2 is 2.00 bits per heavy atom. The van der Waals surface area contributed by atoms with Crippen molar-refractivity contribution >= 4 is 17.3 Å². The summed E-state index contributed by atoms with van der Waals surface area (Å²) in [7, 11) is 0. The summed E-state index contributed by atoms with van der Waals surface area (Å²) >= 11 is 5.45. The largest absolute Gasteiger partial charge is 0.359 e. The van der Waals surface area contributed by atoms with Crippen molar-refractivity contribution in [2.45, 2.75) is 44.3 Å². The molecule has 1 aromatic rings. The van der Waals surface area contributed by atoms with Gasteiger partial charge in [0.2, 0.25) is 0 Å². The van der Waals surface area contributed by atoms with E-state index in [2.05, 4.69) is 46.7 Å². The summed E-state index contributed by atoms with van der Waals surface area (Å²) in [6, 6.07) is 12.1. The Bertz CT molecular complexity index is 458. The molecule has 0 aromatic heterocycles. The molecule has 0 spiro atoms. The number of hydrogen-bond donors (Lipinski definition) is 2. The topological polar surface area (TPSA) is 27.3 Å². The predicted octanol–water partition coefficient (Wildman–Crippen LogP) is 2.45. The van der Waals surface area contributed by atoms with Crippen LogP contribution in [0.4, 0.5) is 0 Å². The summed E-state index contributed by atoms with van der Waals surface area (Å²) < 4.78 is 0. The first kappa shape index (κ1) is 13.8. The van der Waals surface area contributed by atoms with E-state index in [9.17, 15) is 0 Å². The van der Waals surface area contributed by atoms with Crippen LogP contribution in [0.15, 0.2) is 30.3 Å². The van der Waals surface area contributed by atoms with Gasteiger partial charge in [-0.15, -0.1) is 0 Å². The molecule has 1 aliphatic carbocycles. The van der Waals surface area contributed by atoms with Crippen LogP contribution >= 0.6 is 12.2 Å². The van der Waals surface area contributed by atoms with E-state index in [1.807, 2.05) is 6.07 Å². The fourth-order valence-corrected chi connectivity index (χ4v) is 3.27. The van der Waals surface area contributed by atoms with Crippen molar-refractivity contribution in [1.82, 2.24) is 15.5 Å². The molecule has 108 valence electrons. The quantitative estimate of drug-likeness (QED) is 0.833. The van der Waals surface area contributed by atoms with Gasteiger partial charge in [-0.1, -0.05) is 30.3 Å². The first-order valence-corrected chi connectivity index (χ1v) is 7.99. The molecule has 0 bridgehead atoms. The van der Waals surface area contributed by atoms with Crippen molar-refractivity contribution in [3.63, 3.8) is 0 Å². The van der Waals surface area contributed by atoms with Crippen molar-refractivity contribution < 1.29 is 0 Å². The molecular formula is C16H23N3S. The lowest BCUT2D eigenvalue weighted by Gasteiger charge is -2.21. The summed E-state index contributed by atoms with van der Waals surface area (Å²) in [5.74, 6) is 0. The van der Waals surface area contributed by atoms with Gasteiger partial charge >= 0.3 is 0 Å². The first-order chi connectivity index (χ1) is 9.72. The second kappa shape index (κ2) is 6.10. The average molecular weight is 289 g/mol. The molecule has 2 fully saturated rings. The molecule has 2 atom stereocenters. The van der Waals surface area contributed by atoms with Gasteiger partial charge in [-0.05, 0) is 44.0 Å². The van der Waals surface area contributed by atoms with Crippen LogP contribution in [0.25, 0.3) is 0 Å². The van der Waals surface area contributed by atoms with Gasteiger partial charge in [0, 0.05) is 25.2 Å². The molecular weight excluding hydrogens is 266 g/mol. The molecule has 1 aromatic carbocycles. The number of thiocarbonyl (C=S) groups is 1. The van der Waals surface area contributed by atoms with Gasteiger partial charge < -0.3 is 10.6 Å². The van der Waals surface area contributed by atoms with Crippen LogP contribution in [0.1, 0.15) is 37.8 Å². The van der Waals surface area contributed by atoms with Gasteiger partial charge in [0.05, 0.1) is 6.04 Å². The van der Waals surface area contributed by atoms with Gasteiger partial charge in [-0.3, -0.25) is 4.90 Å². The average Bonchev–Trinajstić information content (AvgIpc) is 3.20. The van der Waals surface area contributed by atoms with E-state index in [0.717, 1.165) is 17.7 Å². The zero-order valence-electron chi connectivity index (χ0n) is 12.0. The lowest BCUT2D eigenvalue weighted by atomic mass is 10.1. The van der Waals surface area contributed by atoms with Gasteiger partial charge in [0.1, 0.15) is 0 Å². The number of hydrogen-bond acceptors (Lipinski definition) is 2. The predicted molar refractivity (Wildman–Crippen MR) is 86.7 cm³/mol. The maximum Gasteiger partial charge on any atom is 0.167 e. The summed E-state index contributed by atoms with van der Waals surface area (Å²) in [5, 5.41) is 7.64. The van der Waals surface area contributed by atoms with Crippen LogP contribution in [0.2, 0.25) is 0 Å². The molecule has 0 amide bonds. The molecule has 0 radical (unpaired) electrons. The molecule has 3 nitrogen and oxygen atoms in total. The van der Waals surface area contributed by atoms with Gasteiger partial charge in [0.25, 0.3) is 0 Å². The second-order valence-electron chi connectivity index (χ2n) is 5.96. The Balaban J connectivity index is 1.45. The Morgan fingerprint density at radius 1 is 1.25 bits per heavy atom. The van der Waals surface area contributed by atoms with Crippen molar-refractivity contribution in [1.29, 1.82) is 0 Å². The van der Waals surface area contributed by atoms with E-state index in [4.69, 9.17) is 12.2 Å². The summed E-state index contributed by atoms with van der Waals surface area (Å²) in [6.07, 6.45) is 3.99. The third kappa shape index (κ3) is 3.49. The van der Waals surface area contributed by atoms with Crippen LogP contribution in [0, 0.1) is 0 Å². The Kier molecular flexibility index (Phi) is 4.22. The normalized spacial score (nSPS) is 24.4. The van der Waals surface area contributed by atoms with Crippen LogP contribution in [0.5, 0.6) is 0 Å². The monoisotopic (exact) mass is 289 g/mol. The summed E-state index contributed by atoms with van der Waals surface area (Å²) in [5.41, 5.74) is 1.27. The van der Waals surface area contributed by atoms with Crippen LogP contribution in [0.3, 0.4) is 0 Å². The zero-order valence-corrected chi connectivity index (χ0v) is 12.8. The number of benzene rings is 1. The highest BCUT2D eigenvalue weighted by Crippen LogP contribution is 2.29. The Labute approximate surface area is 126 Å². The number of rotatable bonds is 4. The fraction of sp³-hybridized carbons (Fsp3) is 0.562. The Morgan fingerprint density at radius 3 is 2.70 bits per heavy atom. The van der Waals surface area contributed by atoms with E-state index in [1.54, 1.807) is 0 Å². The maximum atomic E-state index is 5.45. The molecule has 3 rings (SSSR count). The molecule has 1 saturated carbocycles. The van der Waals surface area contributed by atoms with Crippen molar-refractivity contribution in [2.24, 2.45) is 0 Å². The molecule has 2 aliphatic rings. The van der Waals surface area contributed by atoms with E-state index >= 15 is 0 Å². The van der Waals surface area contributed by atoms with Crippen molar-refractivity contribution in [3.8, 4) is 0 Å². The first-order valence-electron chi connectivity index (χ1n) is 7.58. The van der Waals surface area contributed by atoms with E-state index in [-0.39, 0.29) is 6.04 Å². The number of likely N-dealkylation sites (tertiary alicyclic amines) is 1. The van der Waals surface area contributed by atoms with Gasteiger partial charge in [0.15, 0.2) is 5.11 Å². The lowest BCUT2D eigenvalue weighted by Crippen LogP contribution is -2.44. The zero-order chi connectivity index (χ0) is 13.9. The Hall–Kier alpha value is -1.13.